The summed E-state index contributed by atoms with van der Waals surface area (Å²) in [5.41, 5.74) is 0.881. The van der Waals surface area contributed by atoms with E-state index in [1.807, 2.05) is 18.2 Å². The number of hydrogen-bond acceptors (Lipinski definition) is 3. The van der Waals surface area contributed by atoms with Gasteiger partial charge in [-0.25, -0.2) is 0 Å². The number of rotatable bonds is 7. The number of carboxylic acid groups (broad SMARTS) is 1. The molecule has 18 heavy (non-hydrogen) atoms. The molecule has 0 bridgehead atoms. The second-order valence-corrected chi connectivity index (χ2v) is 4.33. The van der Waals surface area contributed by atoms with E-state index in [-0.39, 0.29) is 18.2 Å². The van der Waals surface area contributed by atoms with Gasteiger partial charge in [0.1, 0.15) is 0 Å². The molecule has 0 spiro atoms. The van der Waals surface area contributed by atoms with Crippen LogP contribution >= 0.6 is 0 Å². The summed E-state index contributed by atoms with van der Waals surface area (Å²) in [5.74, 6) is -0.968. The first-order valence-corrected chi connectivity index (χ1v) is 5.96. The van der Waals surface area contributed by atoms with Gasteiger partial charge in [0.25, 0.3) is 0 Å². The molecule has 5 nitrogen and oxygen atoms in total. The summed E-state index contributed by atoms with van der Waals surface area (Å²) in [6, 6.07) is 5.59. The Morgan fingerprint density at radius 2 is 2.22 bits per heavy atom. The number of carbonyl (C=O) groups is 2. The molecular weight excluding hydrogens is 232 g/mol. The Hall–Kier alpha value is -1.91. The molecule has 0 fully saturated rings. The molecular formula is C13H18N2O3. The summed E-state index contributed by atoms with van der Waals surface area (Å²) in [5, 5.41) is 11.3. The number of hydrogen-bond donors (Lipinski definition) is 2. The molecule has 5 heteroatoms. The fraction of sp³-hybridized carbons (Fsp3) is 0.462. The number of carboxylic acids is 1. The van der Waals surface area contributed by atoms with Gasteiger partial charge in [0, 0.05) is 31.3 Å². The molecule has 2 N–H and O–H groups in total. The Kier molecular flexibility index (Phi) is 5.84. The average Bonchev–Trinajstić information content (AvgIpc) is 2.34. The first-order valence-electron chi connectivity index (χ1n) is 5.96. The molecule has 0 radical (unpaired) electrons. The number of nitrogens with zero attached hydrogens (tertiary/aromatic N) is 1. The fourth-order valence-electron chi connectivity index (χ4n) is 1.53. The van der Waals surface area contributed by atoms with E-state index >= 15 is 0 Å². The van der Waals surface area contributed by atoms with Gasteiger partial charge in [-0.15, -0.1) is 0 Å². The second-order valence-electron chi connectivity index (χ2n) is 4.33. The van der Waals surface area contributed by atoms with Gasteiger partial charge in [-0.3, -0.25) is 14.6 Å². The summed E-state index contributed by atoms with van der Waals surface area (Å²) in [6.45, 7) is 2.19. The van der Waals surface area contributed by atoms with Crippen molar-refractivity contribution in [3.05, 3.63) is 30.1 Å². The molecule has 1 aromatic rings. The van der Waals surface area contributed by atoms with E-state index in [0.29, 0.717) is 19.4 Å². The van der Waals surface area contributed by atoms with Gasteiger partial charge in [0.15, 0.2) is 0 Å². The lowest BCUT2D eigenvalue weighted by Crippen LogP contribution is -2.29. The number of amides is 1. The van der Waals surface area contributed by atoms with Crippen LogP contribution in [0.25, 0.3) is 0 Å². The lowest BCUT2D eigenvalue weighted by atomic mass is 10.1. The smallest absolute Gasteiger partial charge is 0.303 e. The highest BCUT2D eigenvalue weighted by Crippen LogP contribution is 2.01. The molecule has 1 heterocycles. The Balaban J connectivity index is 2.20. The largest absolute Gasteiger partial charge is 0.481 e. The predicted octanol–water partition coefficient (Wildman–Crippen LogP) is 1.24. The molecule has 1 atom stereocenters. The van der Waals surface area contributed by atoms with Crippen molar-refractivity contribution in [3.8, 4) is 0 Å². The molecule has 0 aliphatic rings. The molecule has 1 amide bonds. The Bertz CT molecular complexity index is 392. The van der Waals surface area contributed by atoms with Crippen LogP contribution in [0.2, 0.25) is 0 Å². The summed E-state index contributed by atoms with van der Waals surface area (Å²) in [4.78, 5) is 26.1. The van der Waals surface area contributed by atoms with Crippen LogP contribution < -0.4 is 5.32 Å². The van der Waals surface area contributed by atoms with Crippen LogP contribution in [-0.4, -0.2) is 28.5 Å². The summed E-state index contributed by atoms with van der Waals surface area (Å²) >= 11 is 0. The molecule has 0 saturated carbocycles. The Morgan fingerprint density at radius 3 is 2.83 bits per heavy atom. The lowest BCUT2D eigenvalue weighted by Gasteiger charge is -2.10. The SMILES string of the molecule is CC(CNC(=O)CCc1ccccn1)CC(=O)O. The van der Waals surface area contributed by atoms with E-state index in [0.717, 1.165) is 5.69 Å². The molecule has 1 unspecified atom stereocenters. The number of aliphatic carboxylic acids is 1. The summed E-state index contributed by atoms with van der Waals surface area (Å²) < 4.78 is 0. The summed E-state index contributed by atoms with van der Waals surface area (Å²) in [6.07, 6.45) is 2.74. The lowest BCUT2D eigenvalue weighted by molar-refractivity contribution is -0.138. The highest BCUT2D eigenvalue weighted by molar-refractivity contribution is 5.76. The van der Waals surface area contributed by atoms with E-state index in [4.69, 9.17) is 5.11 Å². The average molecular weight is 250 g/mol. The van der Waals surface area contributed by atoms with Crippen LogP contribution in [0.1, 0.15) is 25.5 Å². The third-order valence-electron chi connectivity index (χ3n) is 2.51. The molecule has 0 saturated heterocycles. The topological polar surface area (TPSA) is 79.3 Å². The number of pyridine rings is 1. The minimum Gasteiger partial charge on any atom is -0.481 e. The van der Waals surface area contributed by atoms with Crippen molar-refractivity contribution in [2.75, 3.05) is 6.54 Å². The van der Waals surface area contributed by atoms with Gasteiger partial charge in [-0.05, 0) is 24.5 Å². The molecule has 0 aliphatic heterocycles. The van der Waals surface area contributed by atoms with Crippen LogP contribution in [0, 0.1) is 5.92 Å². The van der Waals surface area contributed by atoms with Crippen LogP contribution in [0.4, 0.5) is 0 Å². The van der Waals surface area contributed by atoms with Gasteiger partial charge >= 0.3 is 5.97 Å². The van der Waals surface area contributed by atoms with E-state index in [1.165, 1.54) is 0 Å². The van der Waals surface area contributed by atoms with Crippen molar-refractivity contribution in [2.24, 2.45) is 5.92 Å². The maximum atomic E-state index is 11.5. The van der Waals surface area contributed by atoms with Crippen LogP contribution in [0.3, 0.4) is 0 Å². The first-order chi connectivity index (χ1) is 8.58. The summed E-state index contributed by atoms with van der Waals surface area (Å²) in [7, 11) is 0. The van der Waals surface area contributed by atoms with Crippen molar-refractivity contribution in [3.63, 3.8) is 0 Å². The highest BCUT2D eigenvalue weighted by Gasteiger charge is 2.09. The third kappa shape index (κ3) is 5.98. The van der Waals surface area contributed by atoms with Crippen LogP contribution in [-0.2, 0) is 16.0 Å². The highest BCUT2D eigenvalue weighted by atomic mass is 16.4. The van der Waals surface area contributed by atoms with Gasteiger partial charge in [-0.2, -0.15) is 0 Å². The second kappa shape index (κ2) is 7.42. The minimum atomic E-state index is -0.842. The van der Waals surface area contributed by atoms with E-state index < -0.39 is 5.97 Å². The maximum absolute atomic E-state index is 11.5. The number of carbonyl (C=O) groups excluding carboxylic acids is 1. The van der Waals surface area contributed by atoms with Gasteiger partial charge < -0.3 is 10.4 Å². The molecule has 1 rings (SSSR count). The standard InChI is InChI=1S/C13H18N2O3/c1-10(8-13(17)18)9-15-12(16)6-5-11-4-2-3-7-14-11/h2-4,7,10H,5-6,8-9H2,1H3,(H,15,16)(H,17,18). The monoisotopic (exact) mass is 250 g/mol. The van der Waals surface area contributed by atoms with Crippen LogP contribution in [0.15, 0.2) is 24.4 Å². The van der Waals surface area contributed by atoms with Crippen molar-refractivity contribution in [2.45, 2.75) is 26.2 Å². The predicted molar refractivity (Wildman–Crippen MR) is 67.0 cm³/mol. The van der Waals surface area contributed by atoms with Gasteiger partial charge in [0.2, 0.25) is 5.91 Å². The number of nitrogens with one attached hydrogen (secondary N) is 1. The van der Waals surface area contributed by atoms with Gasteiger partial charge in [-0.1, -0.05) is 13.0 Å². The van der Waals surface area contributed by atoms with E-state index in [9.17, 15) is 9.59 Å². The molecule has 1 aromatic heterocycles. The molecule has 0 aliphatic carbocycles. The van der Waals surface area contributed by atoms with Crippen LogP contribution in [0.5, 0.6) is 0 Å². The van der Waals surface area contributed by atoms with Gasteiger partial charge in [0.05, 0.1) is 0 Å². The zero-order valence-electron chi connectivity index (χ0n) is 10.4. The first kappa shape index (κ1) is 14.2. The van der Waals surface area contributed by atoms with E-state index in [2.05, 4.69) is 10.3 Å². The normalized spacial score (nSPS) is 11.8. The zero-order valence-corrected chi connectivity index (χ0v) is 10.4. The quantitative estimate of drug-likeness (QED) is 0.763. The Labute approximate surface area is 106 Å². The van der Waals surface area contributed by atoms with Crippen molar-refractivity contribution in [1.29, 1.82) is 0 Å². The zero-order chi connectivity index (χ0) is 13.4. The number of aryl methyl sites for hydroxylation is 1. The third-order valence-corrected chi connectivity index (χ3v) is 2.51. The fourth-order valence-corrected chi connectivity index (χ4v) is 1.53. The molecule has 0 aromatic carbocycles. The van der Waals surface area contributed by atoms with Crippen molar-refractivity contribution < 1.29 is 14.7 Å². The Morgan fingerprint density at radius 1 is 1.44 bits per heavy atom. The number of aromatic nitrogens is 1. The molecule has 98 valence electrons. The van der Waals surface area contributed by atoms with Crippen molar-refractivity contribution >= 4 is 11.9 Å². The van der Waals surface area contributed by atoms with Crippen molar-refractivity contribution in [1.82, 2.24) is 10.3 Å². The maximum Gasteiger partial charge on any atom is 0.303 e. The minimum absolute atomic E-state index is 0.0544. The van der Waals surface area contributed by atoms with E-state index in [1.54, 1.807) is 13.1 Å².